The summed E-state index contributed by atoms with van der Waals surface area (Å²) in [6.45, 7) is 4.12. The first-order valence-corrected chi connectivity index (χ1v) is 6.03. The lowest BCUT2D eigenvalue weighted by atomic mass is 9.98. The van der Waals surface area contributed by atoms with Crippen molar-refractivity contribution >= 4 is 22.7 Å². The monoisotopic (exact) mass is 226 g/mol. The Morgan fingerprint density at radius 1 is 1.12 bits per heavy atom. The van der Waals surface area contributed by atoms with Crippen molar-refractivity contribution in [3.8, 4) is 0 Å². The summed E-state index contributed by atoms with van der Waals surface area (Å²) >= 11 is 1.51. The van der Waals surface area contributed by atoms with E-state index in [0.29, 0.717) is 6.42 Å². The quantitative estimate of drug-likeness (QED) is 0.671. The third kappa shape index (κ3) is 1.27. The van der Waals surface area contributed by atoms with Gasteiger partial charge in [0, 0.05) is 12.0 Å². The van der Waals surface area contributed by atoms with Gasteiger partial charge in [0.1, 0.15) is 0 Å². The molecule has 16 heavy (non-hydrogen) atoms. The van der Waals surface area contributed by atoms with E-state index in [0.717, 1.165) is 27.1 Å². The van der Waals surface area contributed by atoms with Gasteiger partial charge in [-0.25, -0.2) is 0 Å². The third-order valence-electron chi connectivity index (χ3n) is 2.94. The number of ketones is 1. The summed E-state index contributed by atoms with van der Waals surface area (Å²) in [6.07, 6.45) is 0.489. The van der Waals surface area contributed by atoms with Gasteiger partial charge in [-0.3, -0.25) is 4.79 Å². The van der Waals surface area contributed by atoms with Crippen LogP contribution in [0.3, 0.4) is 0 Å². The van der Waals surface area contributed by atoms with E-state index in [1.807, 2.05) is 35.7 Å². The highest BCUT2D eigenvalue weighted by Crippen LogP contribution is 2.34. The number of thiophene rings is 1. The SMILES string of the molecule is C=C1c2ccccc2CC(=O)c2sccc21. The second-order valence-corrected chi connectivity index (χ2v) is 4.82. The molecular weight excluding hydrogens is 216 g/mol. The summed E-state index contributed by atoms with van der Waals surface area (Å²) in [7, 11) is 0. The minimum absolute atomic E-state index is 0.205. The van der Waals surface area contributed by atoms with Crippen LogP contribution in [-0.2, 0) is 6.42 Å². The summed E-state index contributed by atoms with van der Waals surface area (Å²) in [5, 5.41) is 1.96. The fourth-order valence-corrected chi connectivity index (χ4v) is 2.99. The van der Waals surface area contributed by atoms with Crippen molar-refractivity contribution in [2.45, 2.75) is 6.42 Å². The molecule has 0 fully saturated rings. The summed E-state index contributed by atoms with van der Waals surface area (Å²) in [6, 6.07) is 10.00. The molecule has 78 valence electrons. The van der Waals surface area contributed by atoms with E-state index in [9.17, 15) is 4.79 Å². The first-order chi connectivity index (χ1) is 7.77. The molecule has 1 aromatic carbocycles. The number of benzene rings is 1. The maximum absolute atomic E-state index is 12.0. The van der Waals surface area contributed by atoms with Crippen LogP contribution >= 0.6 is 11.3 Å². The van der Waals surface area contributed by atoms with Crippen LogP contribution in [0, 0.1) is 0 Å². The predicted molar refractivity (Wildman–Crippen MR) is 66.9 cm³/mol. The minimum Gasteiger partial charge on any atom is -0.293 e. The van der Waals surface area contributed by atoms with E-state index in [2.05, 4.69) is 6.58 Å². The first-order valence-electron chi connectivity index (χ1n) is 5.15. The normalized spacial score (nSPS) is 14.2. The van der Waals surface area contributed by atoms with Crippen LogP contribution in [0.2, 0.25) is 0 Å². The van der Waals surface area contributed by atoms with Gasteiger partial charge in [-0.2, -0.15) is 0 Å². The minimum atomic E-state index is 0.205. The Morgan fingerprint density at radius 2 is 1.94 bits per heavy atom. The summed E-state index contributed by atoms with van der Waals surface area (Å²) < 4.78 is 0. The lowest BCUT2D eigenvalue weighted by molar-refractivity contribution is 0.0997. The molecule has 1 aromatic heterocycles. The van der Waals surface area contributed by atoms with Crippen LogP contribution in [0.25, 0.3) is 5.57 Å². The maximum atomic E-state index is 12.0. The van der Waals surface area contributed by atoms with Gasteiger partial charge >= 0.3 is 0 Å². The molecule has 1 heterocycles. The first kappa shape index (κ1) is 9.55. The highest BCUT2D eigenvalue weighted by Gasteiger charge is 2.22. The largest absolute Gasteiger partial charge is 0.293 e. The number of hydrogen-bond donors (Lipinski definition) is 0. The number of hydrogen-bond acceptors (Lipinski definition) is 2. The molecule has 0 radical (unpaired) electrons. The molecule has 0 amide bonds. The van der Waals surface area contributed by atoms with Gasteiger partial charge in [0.05, 0.1) is 4.88 Å². The van der Waals surface area contributed by atoms with E-state index in [1.54, 1.807) is 0 Å². The van der Waals surface area contributed by atoms with E-state index in [1.165, 1.54) is 11.3 Å². The van der Waals surface area contributed by atoms with Gasteiger partial charge in [-0.15, -0.1) is 11.3 Å². The highest BCUT2D eigenvalue weighted by molar-refractivity contribution is 7.12. The molecule has 3 rings (SSSR count). The topological polar surface area (TPSA) is 17.1 Å². The standard InChI is InChI=1S/C14H10OS/c1-9-11-5-3-2-4-10(11)8-13(15)14-12(9)6-7-16-14/h2-7H,1,8H2. The molecule has 0 atom stereocenters. The van der Waals surface area contributed by atoms with Crippen LogP contribution in [0.4, 0.5) is 0 Å². The summed E-state index contributed by atoms with van der Waals surface area (Å²) in [4.78, 5) is 12.9. The zero-order valence-corrected chi connectivity index (χ0v) is 9.51. The van der Waals surface area contributed by atoms with Crippen LogP contribution in [0.15, 0.2) is 42.3 Å². The van der Waals surface area contributed by atoms with Gasteiger partial charge in [0.15, 0.2) is 5.78 Å². The number of rotatable bonds is 0. The van der Waals surface area contributed by atoms with Crippen LogP contribution in [0.5, 0.6) is 0 Å². The summed E-state index contributed by atoms with van der Waals surface area (Å²) in [5.41, 5.74) is 4.16. The fraction of sp³-hybridized carbons (Fsp3) is 0.0714. The molecule has 0 saturated heterocycles. The molecule has 0 aliphatic heterocycles. The molecule has 0 saturated carbocycles. The van der Waals surface area contributed by atoms with Crippen LogP contribution < -0.4 is 0 Å². The van der Waals surface area contributed by atoms with E-state index in [4.69, 9.17) is 0 Å². The second kappa shape index (κ2) is 3.42. The van der Waals surface area contributed by atoms with Crippen LogP contribution in [-0.4, -0.2) is 5.78 Å². The molecule has 0 N–H and O–H groups in total. The Labute approximate surface area is 98.1 Å². The Hall–Kier alpha value is -1.67. The van der Waals surface area contributed by atoms with Crippen molar-refractivity contribution in [3.05, 3.63) is 63.9 Å². The molecule has 1 aliphatic rings. The van der Waals surface area contributed by atoms with Crippen molar-refractivity contribution < 1.29 is 4.79 Å². The van der Waals surface area contributed by atoms with Gasteiger partial charge in [0.2, 0.25) is 0 Å². The molecule has 2 heteroatoms. The van der Waals surface area contributed by atoms with Crippen molar-refractivity contribution in [2.24, 2.45) is 0 Å². The molecule has 1 nitrogen and oxygen atoms in total. The van der Waals surface area contributed by atoms with E-state index >= 15 is 0 Å². The average Bonchev–Trinajstić information content (AvgIpc) is 2.74. The maximum Gasteiger partial charge on any atom is 0.177 e. The van der Waals surface area contributed by atoms with E-state index < -0.39 is 0 Å². The smallest absolute Gasteiger partial charge is 0.177 e. The van der Waals surface area contributed by atoms with Crippen molar-refractivity contribution in [1.29, 1.82) is 0 Å². The van der Waals surface area contributed by atoms with Gasteiger partial charge in [-0.05, 0) is 28.1 Å². The lowest BCUT2D eigenvalue weighted by Crippen LogP contribution is -2.00. The average molecular weight is 226 g/mol. The van der Waals surface area contributed by atoms with E-state index in [-0.39, 0.29) is 5.78 Å². The Bertz CT molecular complexity index is 592. The Kier molecular flexibility index (Phi) is 2.04. The van der Waals surface area contributed by atoms with Crippen molar-refractivity contribution in [3.63, 3.8) is 0 Å². The third-order valence-corrected chi connectivity index (χ3v) is 3.89. The molecular formula is C14H10OS. The fourth-order valence-electron chi connectivity index (χ4n) is 2.13. The van der Waals surface area contributed by atoms with Gasteiger partial charge < -0.3 is 0 Å². The molecule has 1 aliphatic carbocycles. The number of fused-ring (bicyclic) bond motifs is 2. The molecule has 2 aromatic rings. The lowest BCUT2D eigenvalue weighted by Gasteiger charge is -2.06. The Morgan fingerprint density at radius 3 is 2.81 bits per heavy atom. The zero-order valence-electron chi connectivity index (χ0n) is 8.69. The van der Waals surface area contributed by atoms with Crippen molar-refractivity contribution in [1.82, 2.24) is 0 Å². The van der Waals surface area contributed by atoms with Crippen molar-refractivity contribution in [2.75, 3.05) is 0 Å². The number of carbonyl (C=O) groups is 1. The molecule has 0 unspecified atom stereocenters. The number of Topliss-reactive ketones (excluding diaryl/α,β-unsaturated/α-hetero) is 1. The second-order valence-electron chi connectivity index (χ2n) is 3.90. The zero-order chi connectivity index (χ0) is 11.1. The molecule has 0 spiro atoms. The van der Waals surface area contributed by atoms with Gasteiger partial charge in [-0.1, -0.05) is 30.8 Å². The highest BCUT2D eigenvalue weighted by atomic mass is 32.1. The van der Waals surface area contributed by atoms with Gasteiger partial charge in [0.25, 0.3) is 0 Å². The van der Waals surface area contributed by atoms with Crippen LogP contribution in [0.1, 0.15) is 26.4 Å². The molecule has 0 bridgehead atoms. The summed E-state index contributed by atoms with van der Waals surface area (Å²) in [5.74, 6) is 0.205. The predicted octanol–water partition coefficient (Wildman–Crippen LogP) is 3.55. The number of carbonyl (C=O) groups excluding carboxylic acids is 1. The Balaban J connectivity index is 2.29.